The Hall–Kier alpha value is -0.890. The van der Waals surface area contributed by atoms with E-state index in [1.165, 1.54) is 7.11 Å². The molecule has 1 aliphatic rings. The average molecular weight is 221 g/mol. The zero-order valence-corrected chi connectivity index (χ0v) is 8.29. The normalized spacial score (nSPS) is 36.0. The van der Waals surface area contributed by atoms with Gasteiger partial charge in [-0.25, -0.2) is 4.79 Å². The van der Waals surface area contributed by atoms with Crippen LogP contribution in [0.25, 0.3) is 0 Å². The van der Waals surface area contributed by atoms with Crippen LogP contribution >= 0.6 is 0 Å². The molecule has 15 heavy (non-hydrogen) atoms. The minimum atomic E-state index is -1.23. The molecule has 1 fully saturated rings. The monoisotopic (exact) mass is 221 g/mol. The lowest BCUT2D eigenvalue weighted by atomic mass is 9.99. The molecule has 0 radical (unpaired) electrons. The smallest absolute Gasteiger partial charge is 0.407 e. The summed E-state index contributed by atoms with van der Waals surface area (Å²) in [5.41, 5.74) is 0. The number of methoxy groups -OCH3 is 1. The van der Waals surface area contributed by atoms with Gasteiger partial charge in [-0.1, -0.05) is 0 Å². The summed E-state index contributed by atoms with van der Waals surface area (Å²) in [6.07, 6.45) is -3.95. The van der Waals surface area contributed by atoms with Gasteiger partial charge in [-0.2, -0.15) is 0 Å². The molecule has 7 nitrogen and oxygen atoms in total. The van der Waals surface area contributed by atoms with E-state index in [4.69, 9.17) is 9.84 Å². The van der Waals surface area contributed by atoms with Gasteiger partial charge < -0.3 is 30.1 Å². The number of nitrogens with one attached hydrogen (secondary N) is 1. The fourth-order valence-corrected chi connectivity index (χ4v) is 1.38. The van der Waals surface area contributed by atoms with Gasteiger partial charge in [0.25, 0.3) is 0 Å². The highest BCUT2D eigenvalue weighted by atomic mass is 16.5. The van der Waals surface area contributed by atoms with Crippen LogP contribution in [0.5, 0.6) is 0 Å². The third-order valence-corrected chi connectivity index (χ3v) is 2.30. The molecule has 0 aromatic carbocycles. The van der Waals surface area contributed by atoms with Gasteiger partial charge in [0.1, 0.15) is 18.3 Å². The number of hydrogen-bond acceptors (Lipinski definition) is 6. The summed E-state index contributed by atoms with van der Waals surface area (Å²) in [6.45, 7) is -0.373. The van der Waals surface area contributed by atoms with E-state index >= 15 is 0 Å². The molecule has 0 bridgehead atoms. The molecule has 1 aliphatic heterocycles. The molecule has 1 rings (SSSR count). The highest BCUT2D eigenvalue weighted by Gasteiger charge is 2.38. The molecule has 1 saturated heterocycles. The molecule has 1 amide bonds. The SMILES string of the molecule is COC(=O)N[C@H]1CO[C@H](CO)[C@@H](O)[C@@H]1O. The maximum Gasteiger partial charge on any atom is 0.407 e. The molecule has 0 unspecified atom stereocenters. The first kappa shape index (κ1) is 12.2. The number of hydrogen-bond donors (Lipinski definition) is 4. The number of carbonyl (C=O) groups excluding carboxylic acids is 1. The highest BCUT2D eigenvalue weighted by molar-refractivity contribution is 5.67. The minimum absolute atomic E-state index is 0.0125. The van der Waals surface area contributed by atoms with E-state index in [1.54, 1.807) is 0 Å². The van der Waals surface area contributed by atoms with Crippen LogP contribution in [0, 0.1) is 0 Å². The molecule has 4 atom stereocenters. The van der Waals surface area contributed by atoms with Crippen LogP contribution < -0.4 is 5.32 Å². The number of aliphatic hydroxyl groups is 3. The van der Waals surface area contributed by atoms with Gasteiger partial charge in [0.15, 0.2) is 0 Å². The van der Waals surface area contributed by atoms with Crippen LogP contribution in [0.1, 0.15) is 0 Å². The molecule has 0 aromatic rings. The Morgan fingerprint density at radius 1 is 1.53 bits per heavy atom. The van der Waals surface area contributed by atoms with E-state index in [0.717, 1.165) is 0 Å². The van der Waals surface area contributed by atoms with Crippen molar-refractivity contribution in [2.45, 2.75) is 24.4 Å². The van der Waals surface area contributed by atoms with E-state index in [1.807, 2.05) is 0 Å². The van der Waals surface area contributed by atoms with Gasteiger partial charge in [-0.05, 0) is 0 Å². The van der Waals surface area contributed by atoms with Crippen molar-refractivity contribution in [3.8, 4) is 0 Å². The number of rotatable bonds is 2. The van der Waals surface area contributed by atoms with Crippen molar-refractivity contribution in [1.29, 1.82) is 0 Å². The summed E-state index contributed by atoms with van der Waals surface area (Å²) in [5, 5.41) is 30.1. The first-order chi connectivity index (χ1) is 7.10. The summed E-state index contributed by atoms with van der Waals surface area (Å²) >= 11 is 0. The maximum absolute atomic E-state index is 10.9. The Kier molecular flexibility index (Phi) is 4.28. The quantitative estimate of drug-likeness (QED) is 0.422. The van der Waals surface area contributed by atoms with Gasteiger partial charge in [0, 0.05) is 0 Å². The maximum atomic E-state index is 10.9. The molecule has 0 spiro atoms. The fraction of sp³-hybridized carbons (Fsp3) is 0.875. The Morgan fingerprint density at radius 3 is 2.73 bits per heavy atom. The van der Waals surface area contributed by atoms with E-state index in [0.29, 0.717) is 0 Å². The van der Waals surface area contributed by atoms with Crippen molar-refractivity contribution >= 4 is 6.09 Å². The first-order valence-electron chi connectivity index (χ1n) is 4.53. The van der Waals surface area contributed by atoms with Crippen molar-refractivity contribution in [2.24, 2.45) is 0 Å². The van der Waals surface area contributed by atoms with Crippen LogP contribution in [0.4, 0.5) is 4.79 Å². The first-order valence-corrected chi connectivity index (χ1v) is 4.53. The molecular formula is C8H15NO6. The summed E-state index contributed by atoms with van der Waals surface area (Å²) in [6, 6.07) is -0.741. The van der Waals surface area contributed by atoms with Gasteiger partial charge in [0.05, 0.1) is 26.4 Å². The van der Waals surface area contributed by atoms with E-state index < -0.39 is 30.4 Å². The summed E-state index contributed by atoms with van der Waals surface area (Å²) in [4.78, 5) is 10.9. The lowest BCUT2D eigenvalue weighted by Crippen LogP contribution is -2.59. The second kappa shape index (κ2) is 5.26. The van der Waals surface area contributed by atoms with Crippen LogP contribution in [0.15, 0.2) is 0 Å². The van der Waals surface area contributed by atoms with Crippen molar-refractivity contribution in [2.75, 3.05) is 20.3 Å². The highest BCUT2D eigenvalue weighted by Crippen LogP contribution is 2.15. The summed E-state index contributed by atoms with van der Waals surface area (Å²) in [7, 11) is 1.19. The number of aliphatic hydroxyl groups excluding tert-OH is 3. The van der Waals surface area contributed by atoms with Crippen LogP contribution in [0.2, 0.25) is 0 Å². The number of carbonyl (C=O) groups is 1. The van der Waals surface area contributed by atoms with Gasteiger partial charge in [0.2, 0.25) is 0 Å². The number of amides is 1. The Labute approximate surface area is 86.6 Å². The van der Waals surface area contributed by atoms with E-state index in [2.05, 4.69) is 10.1 Å². The minimum Gasteiger partial charge on any atom is -0.453 e. The van der Waals surface area contributed by atoms with Crippen molar-refractivity contribution in [1.82, 2.24) is 5.32 Å². The molecule has 0 aromatic heterocycles. The number of alkyl carbamates (subject to hydrolysis) is 1. The molecule has 1 heterocycles. The molecule has 88 valence electrons. The second-order valence-electron chi connectivity index (χ2n) is 3.28. The van der Waals surface area contributed by atoms with Crippen molar-refractivity contribution < 1.29 is 29.6 Å². The third kappa shape index (κ3) is 2.78. The molecule has 0 aliphatic carbocycles. The topological polar surface area (TPSA) is 108 Å². The van der Waals surface area contributed by atoms with Crippen LogP contribution in [-0.4, -0.2) is 66.1 Å². The standard InChI is InChI=1S/C8H15NO6/c1-14-8(13)9-4-3-15-5(2-10)7(12)6(4)11/h4-7,10-12H,2-3H2,1H3,(H,9,13)/t4-,5+,6+,7+/m0/s1. The van der Waals surface area contributed by atoms with Gasteiger partial charge in [-0.3, -0.25) is 0 Å². The van der Waals surface area contributed by atoms with E-state index in [-0.39, 0.29) is 13.2 Å². The van der Waals surface area contributed by atoms with Gasteiger partial charge in [-0.15, -0.1) is 0 Å². The van der Waals surface area contributed by atoms with Gasteiger partial charge >= 0.3 is 6.09 Å². The predicted molar refractivity (Wildman–Crippen MR) is 48.2 cm³/mol. The predicted octanol–water partition coefficient (Wildman–Crippen LogP) is -2.18. The third-order valence-electron chi connectivity index (χ3n) is 2.30. The number of ether oxygens (including phenoxy) is 2. The zero-order chi connectivity index (χ0) is 11.4. The summed E-state index contributed by atoms with van der Waals surface area (Å²) < 4.78 is 9.38. The largest absolute Gasteiger partial charge is 0.453 e. The summed E-state index contributed by atoms with van der Waals surface area (Å²) in [5.74, 6) is 0. The van der Waals surface area contributed by atoms with Crippen molar-refractivity contribution in [3.05, 3.63) is 0 Å². The fourth-order valence-electron chi connectivity index (χ4n) is 1.38. The Bertz CT molecular complexity index is 223. The average Bonchev–Trinajstić information content (AvgIpc) is 2.25. The van der Waals surface area contributed by atoms with Crippen LogP contribution in [0.3, 0.4) is 0 Å². The molecule has 4 N–H and O–H groups in total. The Balaban J connectivity index is 2.52. The molecule has 0 saturated carbocycles. The molecular weight excluding hydrogens is 206 g/mol. The van der Waals surface area contributed by atoms with E-state index in [9.17, 15) is 15.0 Å². The lowest BCUT2D eigenvalue weighted by molar-refractivity contribution is -0.160. The second-order valence-corrected chi connectivity index (χ2v) is 3.28. The zero-order valence-electron chi connectivity index (χ0n) is 8.29. The Morgan fingerprint density at radius 2 is 2.20 bits per heavy atom. The van der Waals surface area contributed by atoms with Crippen LogP contribution in [-0.2, 0) is 9.47 Å². The van der Waals surface area contributed by atoms with Crippen molar-refractivity contribution in [3.63, 3.8) is 0 Å². The molecule has 7 heteroatoms. The lowest BCUT2D eigenvalue weighted by Gasteiger charge is -2.36.